The molecule has 20 heavy (non-hydrogen) atoms. The molecule has 0 radical (unpaired) electrons. The monoisotopic (exact) mass is 315 g/mol. The van der Waals surface area contributed by atoms with E-state index in [1.54, 1.807) is 11.6 Å². The highest BCUT2D eigenvalue weighted by atomic mass is 35.5. The van der Waals surface area contributed by atoms with E-state index in [1.165, 1.54) is 29.5 Å². The van der Waals surface area contributed by atoms with Gasteiger partial charge in [0, 0.05) is 11.6 Å². The van der Waals surface area contributed by atoms with Gasteiger partial charge in [0.15, 0.2) is 5.13 Å². The Hall–Kier alpha value is -1.70. The number of rotatable bonds is 4. The number of carbonyl (C=O) groups excluding carboxylic acids is 1. The predicted molar refractivity (Wildman–Crippen MR) is 75.5 cm³/mol. The van der Waals surface area contributed by atoms with Crippen LogP contribution >= 0.6 is 22.9 Å². The number of anilines is 1. The first-order valence-corrected chi connectivity index (χ1v) is 6.88. The molecule has 1 aromatic heterocycles. The molecule has 5 nitrogen and oxygen atoms in total. The van der Waals surface area contributed by atoms with Gasteiger partial charge in [0.25, 0.3) is 0 Å². The number of carbonyl (C=O) groups is 1. The van der Waals surface area contributed by atoms with Gasteiger partial charge in [-0.3, -0.25) is 5.32 Å². The Bertz CT molecular complexity index is 594. The molecule has 2 rings (SSSR count). The number of nitrogens with one attached hydrogen (secondary N) is 2. The van der Waals surface area contributed by atoms with Crippen molar-refractivity contribution in [1.29, 1.82) is 0 Å². The van der Waals surface area contributed by atoms with E-state index >= 15 is 0 Å². The van der Waals surface area contributed by atoms with Crippen LogP contribution in [0.25, 0.3) is 0 Å². The maximum Gasteiger partial charge on any atom is 0.321 e. The number of benzene rings is 1. The second kappa shape index (κ2) is 6.65. The van der Waals surface area contributed by atoms with Crippen molar-refractivity contribution in [3.63, 3.8) is 0 Å². The fourth-order valence-electron chi connectivity index (χ4n) is 1.54. The van der Waals surface area contributed by atoms with E-state index in [-0.39, 0.29) is 11.6 Å². The molecular formula is C12H11ClFN3O2S. The van der Waals surface area contributed by atoms with Crippen LogP contribution in [-0.4, -0.2) is 22.7 Å². The van der Waals surface area contributed by atoms with Crippen molar-refractivity contribution in [3.05, 3.63) is 46.2 Å². The van der Waals surface area contributed by atoms with E-state index in [0.717, 1.165) is 0 Å². The smallest absolute Gasteiger partial charge is 0.321 e. The van der Waals surface area contributed by atoms with Crippen LogP contribution in [0.1, 0.15) is 11.6 Å². The molecule has 0 aliphatic heterocycles. The lowest BCUT2D eigenvalue weighted by Gasteiger charge is -2.17. The van der Waals surface area contributed by atoms with E-state index in [4.69, 9.17) is 11.6 Å². The number of hydrogen-bond donors (Lipinski definition) is 3. The Labute approximate surface area is 123 Å². The number of aliphatic hydroxyl groups excluding tert-OH is 1. The second-order valence-electron chi connectivity index (χ2n) is 3.84. The molecule has 1 heterocycles. The van der Waals surface area contributed by atoms with Gasteiger partial charge in [-0.05, 0) is 17.7 Å². The average Bonchev–Trinajstić information content (AvgIpc) is 2.92. The number of hydrogen-bond acceptors (Lipinski definition) is 4. The van der Waals surface area contributed by atoms with Crippen LogP contribution in [0.3, 0.4) is 0 Å². The number of amides is 2. The largest absolute Gasteiger partial charge is 0.394 e. The summed E-state index contributed by atoms with van der Waals surface area (Å²) in [6.45, 7) is -0.369. The molecule has 0 saturated heterocycles. The molecule has 2 amide bonds. The van der Waals surface area contributed by atoms with Crippen LogP contribution in [0.5, 0.6) is 0 Å². The Kier molecular flexibility index (Phi) is 4.89. The molecule has 1 aromatic carbocycles. The summed E-state index contributed by atoms with van der Waals surface area (Å²) in [7, 11) is 0. The van der Waals surface area contributed by atoms with E-state index in [9.17, 15) is 14.3 Å². The molecule has 106 valence electrons. The van der Waals surface area contributed by atoms with Crippen LogP contribution in [-0.2, 0) is 0 Å². The van der Waals surface area contributed by atoms with Crippen LogP contribution in [0, 0.1) is 5.82 Å². The number of aromatic nitrogens is 1. The van der Waals surface area contributed by atoms with E-state index in [2.05, 4.69) is 15.6 Å². The van der Waals surface area contributed by atoms with Gasteiger partial charge in [-0.25, -0.2) is 14.2 Å². The lowest BCUT2D eigenvalue weighted by molar-refractivity contribution is 0.225. The number of urea groups is 1. The maximum absolute atomic E-state index is 13.4. The van der Waals surface area contributed by atoms with Gasteiger partial charge in [0.2, 0.25) is 0 Å². The molecule has 0 aliphatic carbocycles. The van der Waals surface area contributed by atoms with Gasteiger partial charge in [-0.15, -0.1) is 11.3 Å². The van der Waals surface area contributed by atoms with Crippen molar-refractivity contribution in [2.75, 3.05) is 11.9 Å². The summed E-state index contributed by atoms with van der Waals surface area (Å²) in [5, 5.41) is 16.5. The summed E-state index contributed by atoms with van der Waals surface area (Å²) in [5.74, 6) is -0.607. The normalized spacial score (nSPS) is 11.9. The van der Waals surface area contributed by atoms with Crippen molar-refractivity contribution in [2.45, 2.75) is 6.04 Å². The first-order valence-electron chi connectivity index (χ1n) is 5.63. The third-order valence-electron chi connectivity index (χ3n) is 2.49. The molecule has 0 aliphatic rings. The zero-order valence-electron chi connectivity index (χ0n) is 10.1. The summed E-state index contributed by atoms with van der Waals surface area (Å²) in [6, 6.07) is 2.81. The number of halogens is 2. The van der Waals surface area contributed by atoms with Crippen LogP contribution in [0.2, 0.25) is 5.02 Å². The SMILES string of the molecule is O=C(Nc1nccs1)NC(CO)c1ccc(Cl)c(F)c1. The Balaban J connectivity index is 2.04. The fraction of sp³-hybridized carbons (Fsp3) is 0.167. The topological polar surface area (TPSA) is 74.2 Å². The first-order chi connectivity index (χ1) is 9.60. The summed E-state index contributed by atoms with van der Waals surface area (Å²) in [4.78, 5) is 15.6. The lowest BCUT2D eigenvalue weighted by atomic mass is 10.1. The van der Waals surface area contributed by atoms with Gasteiger partial charge < -0.3 is 10.4 Å². The van der Waals surface area contributed by atoms with Crippen molar-refractivity contribution < 1.29 is 14.3 Å². The van der Waals surface area contributed by atoms with Gasteiger partial charge in [0.05, 0.1) is 17.7 Å². The van der Waals surface area contributed by atoms with Gasteiger partial charge >= 0.3 is 6.03 Å². The quantitative estimate of drug-likeness (QED) is 0.812. The van der Waals surface area contributed by atoms with Crippen molar-refractivity contribution in [1.82, 2.24) is 10.3 Å². The number of nitrogens with zero attached hydrogens (tertiary/aromatic N) is 1. The highest BCUT2D eigenvalue weighted by Gasteiger charge is 2.15. The van der Waals surface area contributed by atoms with Crippen LogP contribution in [0.15, 0.2) is 29.8 Å². The molecule has 8 heteroatoms. The Morgan fingerprint density at radius 3 is 2.95 bits per heavy atom. The molecule has 0 bridgehead atoms. The molecule has 0 saturated carbocycles. The lowest BCUT2D eigenvalue weighted by Crippen LogP contribution is -2.34. The molecular weight excluding hydrogens is 305 g/mol. The summed E-state index contributed by atoms with van der Waals surface area (Å²) < 4.78 is 13.4. The second-order valence-corrected chi connectivity index (χ2v) is 5.15. The predicted octanol–water partition coefficient (Wildman–Crippen LogP) is 2.79. The zero-order valence-corrected chi connectivity index (χ0v) is 11.7. The highest BCUT2D eigenvalue weighted by molar-refractivity contribution is 7.13. The van der Waals surface area contributed by atoms with Gasteiger partial charge in [-0.1, -0.05) is 17.7 Å². The van der Waals surface area contributed by atoms with Gasteiger partial charge in [0.1, 0.15) is 5.82 Å². The average molecular weight is 316 g/mol. The van der Waals surface area contributed by atoms with Crippen LogP contribution < -0.4 is 10.6 Å². The van der Waals surface area contributed by atoms with E-state index in [1.807, 2.05) is 0 Å². The minimum Gasteiger partial charge on any atom is -0.394 e. The summed E-state index contributed by atoms with van der Waals surface area (Å²) in [5.41, 5.74) is 0.420. The molecule has 1 atom stereocenters. The summed E-state index contributed by atoms with van der Waals surface area (Å²) >= 11 is 6.85. The van der Waals surface area contributed by atoms with Crippen molar-refractivity contribution >= 4 is 34.1 Å². The number of aliphatic hydroxyl groups is 1. The minimum atomic E-state index is -0.735. The fourth-order valence-corrected chi connectivity index (χ4v) is 2.18. The first kappa shape index (κ1) is 14.7. The van der Waals surface area contributed by atoms with Gasteiger partial charge in [-0.2, -0.15) is 0 Å². The third-order valence-corrected chi connectivity index (χ3v) is 3.48. The maximum atomic E-state index is 13.4. The highest BCUT2D eigenvalue weighted by Crippen LogP contribution is 2.20. The zero-order chi connectivity index (χ0) is 14.5. The van der Waals surface area contributed by atoms with E-state index in [0.29, 0.717) is 10.7 Å². The van der Waals surface area contributed by atoms with Crippen LogP contribution in [0.4, 0.5) is 14.3 Å². The molecule has 0 fully saturated rings. The summed E-state index contributed by atoms with van der Waals surface area (Å²) in [6.07, 6.45) is 1.55. The number of thiazole rings is 1. The molecule has 2 aromatic rings. The standard InChI is InChI=1S/C12H11ClFN3O2S/c13-8-2-1-7(5-9(8)14)10(6-18)16-11(19)17-12-15-3-4-20-12/h1-5,10,18H,6H2,(H2,15,16,17,19). The van der Waals surface area contributed by atoms with Crippen molar-refractivity contribution in [2.24, 2.45) is 0 Å². The Morgan fingerprint density at radius 1 is 1.55 bits per heavy atom. The Morgan fingerprint density at radius 2 is 2.35 bits per heavy atom. The molecule has 1 unspecified atom stereocenters. The minimum absolute atomic E-state index is 0.0160. The molecule has 3 N–H and O–H groups in total. The van der Waals surface area contributed by atoms with Crippen molar-refractivity contribution in [3.8, 4) is 0 Å². The third kappa shape index (κ3) is 3.66. The molecule has 0 spiro atoms. The van der Waals surface area contributed by atoms with E-state index < -0.39 is 17.9 Å².